The Morgan fingerprint density at radius 3 is 1.93 bits per heavy atom. The summed E-state index contributed by atoms with van der Waals surface area (Å²) in [6, 6.07) is 35.7. The van der Waals surface area contributed by atoms with Gasteiger partial charge in [0, 0.05) is 17.4 Å². The van der Waals surface area contributed by atoms with Crippen LogP contribution in [0.2, 0.25) is 0 Å². The number of anilines is 4. The number of fused-ring (bicyclic) bond motifs is 1. The summed E-state index contributed by atoms with van der Waals surface area (Å²) in [4.78, 5) is 47.9. The predicted octanol–water partition coefficient (Wildman–Crippen LogP) is 7.25. The molecule has 0 aromatic heterocycles. The molecule has 1 heterocycles. The zero-order chi connectivity index (χ0) is 29.7. The molecule has 6 heteroatoms. The fourth-order valence-corrected chi connectivity index (χ4v) is 5.43. The van der Waals surface area contributed by atoms with E-state index in [4.69, 9.17) is 0 Å². The second kappa shape index (κ2) is 12.3. The summed E-state index contributed by atoms with van der Waals surface area (Å²) in [5, 5.41) is 0. The molecule has 0 N–H and O–H groups in total. The van der Waals surface area contributed by atoms with Crippen LogP contribution in [-0.2, 0) is 14.4 Å². The standard InChI is InChI=1S/C36H35N3O3/c1-27(2)38(29-19-9-5-10-20-29)33(40)26-37-31-23-13-14-24-32(31)39(30-21-11-6-12-22-30)35(42)36(3,34(37)41)25-15-18-28-16-7-4-8-17-28/h4-24,27H,25-26H2,1-3H3. The quantitative estimate of drug-likeness (QED) is 0.214. The van der Waals surface area contributed by atoms with E-state index in [9.17, 15) is 14.4 Å². The summed E-state index contributed by atoms with van der Waals surface area (Å²) in [5.41, 5.74) is 1.98. The van der Waals surface area contributed by atoms with Gasteiger partial charge in [-0.25, -0.2) is 0 Å². The van der Waals surface area contributed by atoms with Crippen LogP contribution in [0.5, 0.6) is 0 Å². The van der Waals surface area contributed by atoms with Gasteiger partial charge in [0.25, 0.3) is 0 Å². The lowest BCUT2D eigenvalue weighted by molar-refractivity contribution is -0.139. The maximum atomic E-state index is 14.6. The summed E-state index contributed by atoms with van der Waals surface area (Å²) in [6.45, 7) is 5.37. The molecule has 1 aliphatic rings. The van der Waals surface area contributed by atoms with Crippen molar-refractivity contribution in [3.8, 4) is 0 Å². The summed E-state index contributed by atoms with van der Waals surface area (Å²) in [7, 11) is 0. The van der Waals surface area contributed by atoms with Crippen LogP contribution in [0, 0.1) is 5.41 Å². The molecular weight excluding hydrogens is 522 g/mol. The zero-order valence-corrected chi connectivity index (χ0v) is 24.2. The van der Waals surface area contributed by atoms with Crippen LogP contribution in [-0.4, -0.2) is 30.3 Å². The van der Waals surface area contributed by atoms with Gasteiger partial charge in [0.05, 0.1) is 11.4 Å². The van der Waals surface area contributed by atoms with E-state index in [2.05, 4.69) is 0 Å². The highest BCUT2D eigenvalue weighted by Crippen LogP contribution is 2.44. The van der Waals surface area contributed by atoms with E-state index in [1.807, 2.05) is 135 Å². The number of para-hydroxylation sites is 4. The summed E-state index contributed by atoms with van der Waals surface area (Å²) >= 11 is 0. The smallest absolute Gasteiger partial charge is 0.247 e. The van der Waals surface area contributed by atoms with Gasteiger partial charge in [-0.05, 0) is 69.2 Å². The van der Waals surface area contributed by atoms with Crippen LogP contribution < -0.4 is 14.7 Å². The van der Waals surface area contributed by atoms with Crippen LogP contribution in [0.25, 0.3) is 6.08 Å². The third-order valence-electron chi connectivity index (χ3n) is 7.57. The number of hydrogen-bond acceptors (Lipinski definition) is 3. The minimum atomic E-state index is -1.48. The maximum absolute atomic E-state index is 14.6. The highest BCUT2D eigenvalue weighted by molar-refractivity contribution is 6.24. The Balaban J connectivity index is 1.61. The van der Waals surface area contributed by atoms with Crippen molar-refractivity contribution in [1.82, 2.24) is 0 Å². The average molecular weight is 558 g/mol. The molecule has 212 valence electrons. The molecular formula is C36H35N3O3. The number of hydrogen-bond donors (Lipinski definition) is 0. The molecule has 1 atom stereocenters. The Morgan fingerprint density at radius 1 is 0.762 bits per heavy atom. The molecule has 4 aromatic rings. The first-order chi connectivity index (χ1) is 20.3. The largest absolute Gasteiger partial charge is 0.308 e. The maximum Gasteiger partial charge on any atom is 0.247 e. The summed E-state index contributed by atoms with van der Waals surface area (Å²) in [5.74, 6) is -0.995. The molecule has 42 heavy (non-hydrogen) atoms. The first kappa shape index (κ1) is 28.6. The van der Waals surface area contributed by atoms with Crippen molar-refractivity contribution in [2.75, 3.05) is 21.2 Å². The van der Waals surface area contributed by atoms with Gasteiger partial charge in [-0.1, -0.05) is 91.0 Å². The number of nitrogens with zero attached hydrogens (tertiary/aromatic N) is 3. The van der Waals surface area contributed by atoms with Gasteiger partial charge >= 0.3 is 0 Å². The van der Waals surface area contributed by atoms with Crippen molar-refractivity contribution in [2.24, 2.45) is 5.41 Å². The number of allylic oxidation sites excluding steroid dienone is 1. The molecule has 0 radical (unpaired) electrons. The number of rotatable bonds is 8. The lowest BCUT2D eigenvalue weighted by atomic mass is 9.83. The van der Waals surface area contributed by atoms with E-state index in [0.717, 1.165) is 11.3 Å². The van der Waals surface area contributed by atoms with E-state index >= 15 is 0 Å². The molecule has 1 unspecified atom stereocenters. The molecule has 1 aliphatic heterocycles. The average Bonchev–Trinajstić information content (AvgIpc) is 3.07. The molecule has 5 rings (SSSR count). The van der Waals surface area contributed by atoms with Gasteiger partial charge in [0.1, 0.15) is 12.0 Å². The van der Waals surface area contributed by atoms with Gasteiger partial charge in [0.2, 0.25) is 17.7 Å². The molecule has 0 fully saturated rings. The first-order valence-electron chi connectivity index (χ1n) is 14.2. The van der Waals surface area contributed by atoms with Crippen LogP contribution >= 0.6 is 0 Å². The topological polar surface area (TPSA) is 60.9 Å². The molecule has 3 amide bonds. The van der Waals surface area contributed by atoms with Crippen molar-refractivity contribution >= 4 is 46.5 Å². The molecule has 0 saturated heterocycles. The van der Waals surface area contributed by atoms with E-state index in [-0.39, 0.29) is 30.8 Å². The van der Waals surface area contributed by atoms with Crippen molar-refractivity contribution in [3.63, 3.8) is 0 Å². The first-order valence-corrected chi connectivity index (χ1v) is 14.2. The van der Waals surface area contributed by atoms with E-state index in [1.165, 1.54) is 4.90 Å². The van der Waals surface area contributed by atoms with Crippen LogP contribution in [0.15, 0.2) is 121 Å². The molecule has 0 spiro atoms. The fourth-order valence-electron chi connectivity index (χ4n) is 5.43. The van der Waals surface area contributed by atoms with Gasteiger partial charge in [-0.2, -0.15) is 0 Å². The van der Waals surface area contributed by atoms with Gasteiger partial charge in [0.15, 0.2) is 0 Å². The van der Waals surface area contributed by atoms with Crippen LogP contribution in [0.3, 0.4) is 0 Å². The van der Waals surface area contributed by atoms with Gasteiger partial charge in [-0.3, -0.25) is 24.2 Å². The zero-order valence-electron chi connectivity index (χ0n) is 24.2. The minimum Gasteiger partial charge on any atom is -0.308 e. The third kappa shape index (κ3) is 5.61. The van der Waals surface area contributed by atoms with Crippen molar-refractivity contribution in [2.45, 2.75) is 33.2 Å². The second-order valence-electron chi connectivity index (χ2n) is 10.9. The lowest BCUT2D eigenvalue weighted by Gasteiger charge is -2.33. The minimum absolute atomic E-state index is 0.139. The highest BCUT2D eigenvalue weighted by Gasteiger charge is 2.50. The molecule has 0 aliphatic carbocycles. The van der Waals surface area contributed by atoms with Crippen LogP contribution in [0.4, 0.5) is 22.7 Å². The Labute approximate surface area is 247 Å². The number of benzene rings is 4. The monoisotopic (exact) mass is 557 g/mol. The molecule has 6 nitrogen and oxygen atoms in total. The Kier molecular flexibility index (Phi) is 8.34. The second-order valence-corrected chi connectivity index (χ2v) is 10.9. The number of amides is 3. The summed E-state index contributed by atoms with van der Waals surface area (Å²) < 4.78 is 0. The Bertz CT molecular complexity index is 1590. The van der Waals surface area contributed by atoms with E-state index in [1.54, 1.807) is 22.8 Å². The van der Waals surface area contributed by atoms with Gasteiger partial charge in [-0.15, -0.1) is 0 Å². The normalized spacial score (nSPS) is 17.0. The van der Waals surface area contributed by atoms with Crippen molar-refractivity contribution in [1.29, 1.82) is 0 Å². The number of carbonyl (C=O) groups excluding carboxylic acids is 3. The SMILES string of the molecule is CC(C)N(C(=O)CN1C(=O)C(C)(CC=Cc2ccccc2)C(=O)N(c2ccccc2)c2ccccc21)c1ccccc1. The fraction of sp³-hybridized carbons (Fsp3) is 0.194. The Morgan fingerprint density at radius 2 is 1.31 bits per heavy atom. The Hall–Kier alpha value is -4.97. The highest BCUT2D eigenvalue weighted by atomic mass is 16.2. The van der Waals surface area contributed by atoms with Crippen LogP contribution in [0.1, 0.15) is 32.8 Å². The van der Waals surface area contributed by atoms with Crippen molar-refractivity contribution < 1.29 is 14.4 Å². The lowest BCUT2D eigenvalue weighted by Crippen LogP contribution is -2.52. The van der Waals surface area contributed by atoms with Gasteiger partial charge < -0.3 is 4.90 Å². The molecule has 0 saturated carbocycles. The number of carbonyl (C=O) groups is 3. The van der Waals surface area contributed by atoms with E-state index < -0.39 is 11.3 Å². The third-order valence-corrected chi connectivity index (χ3v) is 7.57. The molecule has 0 bridgehead atoms. The van der Waals surface area contributed by atoms with Crippen molar-refractivity contribution in [3.05, 3.63) is 127 Å². The molecule has 4 aromatic carbocycles. The predicted molar refractivity (Wildman–Crippen MR) is 170 cm³/mol. The summed E-state index contributed by atoms with van der Waals surface area (Å²) in [6.07, 6.45) is 3.95. The van der Waals surface area contributed by atoms with E-state index in [0.29, 0.717) is 17.1 Å².